The number of carbonyl (C=O) groups is 2. The van der Waals surface area contributed by atoms with Crippen molar-refractivity contribution in [3.63, 3.8) is 0 Å². The summed E-state index contributed by atoms with van der Waals surface area (Å²) in [6.07, 6.45) is -1.38. The molecule has 0 spiro atoms. The van der Waals surface area contributed by atoms with Gasteiger partial charge in [0, 0.05) is 17.0 Å². The molecule has 1 saturated heterocycles. The average Bonchev–Trinajstić information content (AvgIpc) is 3.42. The number of fused-ring (bicyclic) bond motifs is 1. The minimum absolute atomic E-state index is 0.00218. The molecule has 0 unspecified atom stereocenters. The first kappa shape index (κ1) is 25.3. The minimum Gasteiger partial charge on any atom is -0.480 e. The van der Waals surface area contributed by atoms with Gasteiger partial charge in [0.15, 0.2) is 11.2 Å². The van der Waals surface area contributed by atoms with Crippen molar-refractivity contribution in [2.24, 2.45) is 4.99 Å². The predicted octanol–water partition coefficient (Wildman–Crippen LogP) is 4.51. The number of amidine groups is 1. The Hall–Kier alpha value is -3.35. The highest BCUT2D eigenvalue weighted by Crippen LogP contribution is 2.35. The number of thioether (sulfide) groups is 1. The van der Waals surface area contributed by atoms with Crippen LogP contribution in [0.5, 0.6) is 0 Å². The molecule has 0 aliphatic carbocycles. The van der Waals surface area contributed by atoms with E-state index in [0.29, 0.717) is 39.7 Å². The summed E-state index contributed by atoms with van der Waals surface area (Å²) in [5.41, 5.74) is 0.500. The highest BCUT2D eigenvalue weighted by molar-refractivity contribution is 8.18. The van der Waals surface area contributed by atoms with Crippen molar-refractivity contribution < 1.29 is 32.6 Å². The third kappa shape index (κ3) is 5.22. The maximum atomic E-state index is 13.5. The molecule has 0 radical (unpaired) electrons. The van der Waals surface area contributed by atoms with Crippen molar-refractivity contribution >= 4 is 57.4 Å². The SMILES string of the molecule is O=C1N=C(N2CCOC[C@@H]2C(=O)O)SC1=Cc1ccc2c(cnn2Cc2ccc(Cl)cc2C(F)(F)F)c1. The maximum Gasteiger partial charge on any atom is 0.416 e. The standard InChI is InChI=1S/C24H18ClF3N4O4S/c25-16-3-2-14(17(9-16)24(26,27)28)11-32-18-4-1-13(7-15(18)10-29-32)8-20-21(33)30-23(37-20)31-5-6-36-12-19(31)22(34)35/h1-4,7-10,19H,5-6,11-12H2,(H,34,35)/t19-/m1/s1. The van der Waals surface area contributed by atoms with E-state index in [1.54, 1.807) is 29.2 Å². The first-order chi connectivity index (χ1) is 17.6. The molecule has 0 saturated carbocycles. The fourth-order valence-electron chi connectivity index (χ4n) is 4.14. The van der Waals surface area contributed by atoms with Gasteiger partial charge >= 0.3 is 12.1 Å². The number of benzene rings is 2. The van der Waals surface area contributed by atoms with Gasteiger partial charge in [-0.15, -0.1) is 0 Å². The Kier molecular flexibility index (Phi) is 6.73. The Morgan fingerprint density at radius 3 is 2.84 bits per heavy atom. The Labute approximate surface area is 217 Å². The third-order valence-electron chi connectivity index (χ3n) is 5.93. The number of aliphatic imine (C=N–C) groups is 1. The van der Waals surface area contributed by atoms with E-state index in [2.05, 4.69) is 10.1 Å². The summed E-state index contributed by atoms with van der Waals surface area (Å²) >= 11 is 6.86. The number of aromatic nitrogens is 2. The monoisotopic (exact) mass is 550 g/mol. The van der Waals surface area contributed by atoms with Crippen molar-refractivity contribution in [3.05, 3.63) is 69.2 Å². The second-order valence-corrected chi connectivity index (χ2v) is 9.80. The summed E-state index contributed by atoms with van der Waals surface area (Å²) in [6, 6.07) is 7.92. The zero-order valence-electron chi connectivity index (χ0n) is 18.9. The predicted molar refractivity (Wildman–Crippen MR) is 132 cm³/mol. The number of alkyl halides is 3. The van der Waals surface area contributed by atoms with Gasteiger partial charge in [0.25, 0.3) is 5.91 Å². The zero-order chi connectivity index (χ0) is 26.3. The fraction of sp³-hybridized carbons (Fsp3) is 0.250. The summed E-state index contributed by atoms with van der Waals surface area (Å²) in [7, 11) is 0. The number of halogens is 4. The Bertz CT molecular complexity index is 1470. The van der Waals surface area contributed by atoms with E-state index in [-0.39, 0.29) is 23.7 Å². The summed E-state index contributed by atoms with van der Waals surface area (Å²) in [4.78, 5) is 30.0. The molecule has 2 aliphatic rings. The van der Waals surface area contributed by atoms with E-state index in [9.17, 15) is 27.9 Å². The van der Waals surface area contributed by atoms with Crippen LogP contribution in [0, 0.1) is 0 Å². The van der Waals surface area contributed by atoms with Gasteiger partial charge < -0.3 is 14.7 Å². The Morgan fingerprint density at radius 1 is 1.27 bits per heavy atom. The molecule has 3 heterocycles. The van der Waals surface area contributed by atoms with Crippen LogP contribution in [0.1, 0.15) is 16.7 Å². The smallest absolute Gasteiger partial charge is 0.416 e. The maximum absolute atomic E-state index is 13.5. The molecule has 3 aromatic rings. The quantitative estimate of drug-likeness (QED) is 0.477. The molecule has 1 atom stereocenters. The first-order valence-corrected chi connectivity index (χ1v) is 12.2. The van der Waals surface area contributed by atoms with Crippen molar-refractivity contribution in [2.45, 2.75) is 18.8 Å². The van der Waals surface area contributed by atoms with Crippen molar-refractivity contribution in [2.75, 3.05) is 19.8 Å². The summed E-state index contributed by atoms with van der Waals surface area (Å²) in [6.45, 7) is 0.533. The summed E-state index contributed by atoms with van der Waals surface area (Å²) < 4.78 is 47.2. The number of morpholine rings is 1. The number of amides is 1. The molecule has 13 heteroatoms. The van der Waals surface area contributed by atoms with Crippen LogP contribution in [0.3, 0.4) is 0 Å². The molecule has 5 rings (SSSR count). The Morgan fingerprint density at radius 2 is 2.08 bits per heavy atom. The molecule has 1 aromatic heterocycles. The van der Waals surface area contributed by atoms with Crippen LogP contribution in [-0.4, -0.2) is 62.6 Å². The highest BCUT2D eigenvalue weighted by atomic mass is 35.5. The first-order valence-electron chi connectivity index (χ1n) is 11.0. The molecule has 1 fully saturated rings. The van der Waals surface area contributed by atoms with Crippen LogP contribution >= 0.6 is 23.4 Å². The lowest BCUT2D eigenvalue weighted by Crippen LogP contribution is -2.51. The number of hydrogen-bond donors (Lipinski definition) is 1. The van der Waals surface area contributed by atoms with E-state index in [4.69, 9.17) is 16.3 Å². The normalized spacial score (nSPS) is 19.6. The molecule has 2 aromatic carbocycles. The van der Waals surface area contributed by atoms with Crippen molar-refractivity contribution in [1.29, 1.82) is 0 Å². The molecule has 8 nitrogen and oxygen atoms in total. The van der Waals surface area contributed by atoms with E-state index < -0.39 is 29.7 Å². The summed E-state index contributed by atoms with van der Waals surface area (Å²) in [5.74, 6) is -1.54. The molecule has 0 bridgehead atoms. The molecule has 2 aliphatic heterocycles. The van der Waals surface area contributed by atoms with E-state index >= 15 is 0 Å². The molecular weight excluding hydrogens is 533 g/mol. The lowest BCUT2D eigenvalue weighted by Gasteiger charge is -2.33. The van der Waals surface area contributed by atoms with Gasteiger partial charge in [-0.25, -0.2) is 4.79 Å². The van der Waals surface area contributed by atoms with Gasteiger partial charge in [-0.1, -0.05) is 23.7 Å². The molecule has 37 heavy (non-hydrogen) atoms. The second-order valence-electron chi connectivity index (χ2n) is 8.35. The zero-order valence-corrected chi connectivity index (χ0v) is 20.5. The lowest BCUT2D eigenvalue weighted by atomic mass is 10.1. The van der Waals surface area contributed by atoms with Gasteiger partial charge in [0.05, 0.1) is 41.9 Å². The van der Waals surface area contributed by atoms with E-state index in [1.807, 2.05) is 0 Å². The summed E-state index contributed by atoms with van der Waals surface area (Å²) in [5, 5.41) is 14.7. The average molecular weight is 551 g/mol. The number of carbonyl (C=O) groups excluding carboxylic acids is 1. The number of carboxylic acids is 1. The van der Waals surface area contributed by atoms with Gasteiger partial charge in [0.2, 0.25) is 0 Å². The number of carboxylic acid groups (broad SMARTS) is 1. The number of ether oxygens (including phenoxy) is 1. The third-order valence-corrected chi connectivity index (χ3v) is 7.19. The van der Waals surface area contributed by atoms with Gasteiger partial charge in [0.1, 0.15) is 0 Å². The van der Waals surface area contributed by atoms with Crippen LogP contribution in [0.2, 0.25) is 5.02 Å². The number of rotatable bonds is 4. The molecule has 1 amide bonds. The molecule has 1 N–H and O–H groups in total. The minimum atomic E-state index is -4.55. The van der Waals surface area contributed by atoms with E-state index in [1.165, 1.54) is 23.0 Å². The van der Waals surface area contributed by atoms with Crippen molar-refractivity contribution in [3.8, 4) is 0 Å². The van der Waals surface area contributed by atoms with Crippen LogP contribution in [0.15, 0.2) is 52.5 Å². The fourth-order valence-corrected chi connectivity index (χ4v) is 5.30. The second kappa shape index (κ2) is 9.84. The Balaban J connectivity index is 1.37. The number of nitrogens with zero attached hydrogens (tertiary/aromatic N) is 4. The van der Waals surface area contributed by atoms with E-state index in [0.717, 1.165) is 17.8 Å². The van der Waals surface area contributed by atoms with Crippen LogP contribution in [0.25, 0.3) is 17.0 Å². The van der Waals surface area contributed by atoms with Gasteiger partial charge in [-0.3, -0.25) is 9.48 Å². The van der Waals surface area contributed by atoms with Gasteiger partial charge in [-0.05, 0) is 53.2 Å². The van der Waals surface area contributed by atoms with Crippen molar-refractivity contribution in [1.82, 2.24) is 14.7 Å². The van der Waals surface area contributed by atoms with Crippen LogP contribution < -0.4 is 0 Å². The largest absolute Gasteiger partial charge is 0.480 e. The molecular formula is C24H18ClF3N4O4S. The van der Waals surface area contributed by atoms with Crippen LogP contribution in [-0.2, 0) is 27.0 Å². The molecule has 192 valence electrons. The topological polar surface area (TPSA) is 97.0 Å². The highest BCUT2D eigenvalue weighted by Gasteiger charge is 2.36. The van der Waals surface area contributed by atoms with Crippen LogP contribution in [0.4, 0.5) is 13.2 Å². The number of aliphatic carboxylic acids is 1. The van der Waals surface area contributed by atoms with Gasteiger partial charge in [-0.2, -0.15) is 23.3 Å². The lowest BCUT2D eigenvalue weighted by molar-refractivity contribution is -0.146. The number of hydrogen-bond acceptors (Lipinski definition) is 6.